The lowest BCUT2D eigenvalue weighted by molar-refractivity contribution is 0.408. The van der Waals surface area contributed by atoms with Crippen LogP contribution < -0.4 is 10.5 Å². The highest BCUT2D eigenvalue weighted by atomic mass is 19.1. The van der Waals surface area contributed by atoms with Gasteiger partial charge in [0.25, 0.3) is 0 Å². The molecule has 3 heteroatoms. The van der Waals surface area contributed by atoms with E-state index in [1.165, 1.54) is 13.2 Å². The van der Waals surface area contributed by atoms with Crippen LogP contribution >= 0.6 is 0 Å². The molecular formula is C13H18FNO. The van der Waals surface area contributed by atoms with E-state index >= 15 is 0 Å². The third-order valence-corrected chi connectivity index (χ3v) is 3.95. The van der Waals surface area contributed by atoms with Gasteiger partial charge < -0.3 is 10.5 Å². The molecule has 1 aromatic rings. The summed E-state index contributed by atoms with van der Waals surface area (Å²) in [5.41, 5.74) is 6.44. The van der Waals surface area contributed by atoms with E-state index in [9.17, 15) is 4.39 Å². The van der Waals surface area contributed by atoms with Gasteiger partial charge in [-0.1, -0.05) is 19.9 Å². The Kier molecular flexibility index (Phi) is 2.46. The highest BCUT2D eigenvalue weighted by Crippen LogP contribution is 2.64. The molecule has 88 valence electrons. The molecule has 1 atom stereocenters. The standard InChI is InChI=1S/C13H18FNO/c1-12(2)7-13(12,8-15)10-5-4-9(16-3)6-11(10)14/h4-6H,7-8,15H2,1-3H3. The number of rotatable bonds is 3. The maximum atomic E-state index is 14.0. The van der Waals surface area contributed by atoms with Crippen LogP contribution in [0.1, 0.15) is 25.8 Å². The Morgan fingerprint density at radius 1 is 1.44 bits per heavy atom. The van der Waals surface area contributed by atoms with Crippen molar-refractivity contribution in [2.24, 2.45) is 11.1 Å². The molecular weight excluding hydrogens is 205 g/mol. The van der Waals surface area contributed by atoms with Crippen LogP contribution in [0.25, 0.3) is 0 Å². The molecule has 0 amide bonds. The monoisotopic (exact) mass is 223 g/mol. The van der Waals surface area contributed by atoms with Crippen LogP contribution in [0.3, 0.4) is 0 Å². The number of nitrogens with two attached hydrogens (primary N) is 1. The summed E-state index contributed by atoms with van der Waals surface area (Å²) >= 11 is 0. The van der Waals surface area contributed by atoms with E-state index in [1.807, 2.05) is 0 Å². The average molecular weight is 223 g/mol. The van der Waals surface area contributed by atoms with Crippen LogP contribution in [0, 0.1) is 11.2 Å². The molecule has 1 fully saturated rings. The van der Waals surface area contributed by atoms with Gasteiger partial charge in [0.1, 0.15) is 11.6 Å². The van der Waals surface area contributed by atoms with E-state index in [0.29, 0.717) is 12.3 Å². The molecule has 1 saturated carbocycles. The van der Waals surface area contributed by atoms with Crippen LogP contribution in [0.5, 0.6) is 5.75 Å². The van der Waals surface area contributed by atoms with E-state index in [2.05, 4.69) is 13.8 Å². The second-order valence-electron chi connectivity index (χ2n) is 5.19. The number of benzene rings is 1. The first-order chi connectivity index (χ1) is 7.47. The van der Waals surface area contributed by atoms with Gasteiger partial charge in [-0.25, -0.2) is 4.39 Å². The van der Waals surface area contributed by atoms with Gasteiger partial charge in [0.15, 0.2) is 0 Å². The number of hydrogen-bond acceptors (Lipinski definition) is 2. The van der Waals surface area contributed by atoms with Crippen molar-refractivity contribution < 1.29 is 9.13 Å². The lowest BCUT2D eigenvalue weighted by Crippen LogP contribution is -2.26. The molecule has 0 aromatic heterocycles. The molecule has 2 nitrogen and oxygen atoms in total. The fourth-order valence-corrected chi connectivity index (χ4v) is 2.64. The maximum Gasteiger partial charge on any atom is 0.130 e. The van der Waals surface area contributed by atoms with E-state index in [-0.39, 0.29) is 16.6 Å². The van der Waals surface area contributed by atoms with Crippen LogP contribution in [0.2, 0.25) is 0 Å². The summed E-state index contributed by atoms with van der Waals surface area (Å²) in [5, 5.41) is 0. The summed E-state index contributed by atoms with van der Waals surface area (Å²) in [6, 6.07) is 5.03. The molecule has 1 aliphatic carbocycles. The Morgan fingerprint density at radius 3 is 2.44 bits per heavy atom. The third-order valence-electron chi connectivity index (χ3n) is 3.95. The van der Waals surface area contributed by atoms with Crippen molar-refractivity contribution in [1.82, 2.24) is 0 Å². The molecule has 16 heavy (non-hydrogen) atoms. The first-order valence-electron chi connectivity index (χ1n) is 5.51. The van der Waals surface area contributed by atoms with Gasteiger partial charge in [0.05, 0.1) is 7.11 Å². The summed E-state index contributed by atoms with van der Waals surface area (Å²) < 4.78 is 19.0. The summed E-state index contributed by atoms with van der Waals surface area (Å²) in [6.45, 7) is 4.75. The molecule has 1 aromatic carbocycles. The largest absolute Gasteiger partial charge is 0.497 e. The van der Waals surface area contributed by atoms with Gasteiger partial charge in [0.2, 0.25) is 0 Å². The van der Waals surface area contributed by atoms with Gasteiger partial charge in [-0.2, -0.15) is 0 Å². The Morgan fingerprint density at radius 2 is 2.06 bits per heavy atom. The molecule has 1 aliphatic rings. The average Bonchev–Trinajstić information content (AvgIpc) is 2.81. The molecule has 0 spiro atoms. The molecule has 0 saturated heterocycles. The number of halogens is 1. The zero-order valence-corrected chi connectivity index (χ0v) is 10.0. The van der Waals surface area contributed by atoms with Gasteiger partial charge >= 0.3 is 0 Å². The SMILES string of the molecule is COc1ccc(C2(CN)CC2(C)C)c(F)c1. The van der Waals surface area contributed by atoms with Gasteiger partial charge in [-0.15, -0.1) is 0 Å². The second kappa shape index (κ2) is 3.45. The van der Waals surface area contributed by atoms with Crippen molar-refractivity contribution >= 4 is 0 Å². The van der Waals surface area contributed by atoms with Crippen molar-refractivity contribution in [3.63, 3.8) is 0 Å². The van der Waals surface area contributed by atoms with Crippen molar-refractivity contribution in [3.05, 3.63) is 29.6 Å². The fraction of sp³-hybridized carbons (Fsp3) is 0.538. The molecule has 2 N–H and O–H groups in total. The minimum Gasteiger partial charge on any atom is -0.497 e. The van der Waals surface area contributed by atoms with E-state index in [0.717, 1.165) is 12.0 Å². The first kappa shape index (κ1) is 11.4. The van der Waals surface area contributed by atoms with Gasteiger partial charge in [-0.05, 0) is 23.5 Å². The Bertz CT molecular complexity index is 416. The van der Waals surface area contributed by atoms with E-state index in [1.54, 1.807) is 12.1 Å². The number of methoxy groups -OCH3 is 1. The Hall–Kier alpha value is -1.09. The molecule has 0 aliphatic heterocycles. The van der Waals surface area contributed by atoms with Crippen LogP contribution in [0.15, 0.2) is 18.2 Å². The van der Waals surface area contributed by atoms with E-state index in [4.69, 9.17) is 10.5 Å². The first-order valence-corrected chi connectivity index (χ1v) is 5.51. The number of hydrogen-bond donors (Lipinski definition) is 1. The minimum atomic E-state index is -0.213. The Labute approximate surface area is 95.6 Å². The molecule has 1 unspecified atom stereocenters. The lowest BCUT2D eigenvalue weighted by atomic mass is 9.87. The van der Waals surface area contributed by atoms with Crippen molar-refractivity contribution in [2.45, 2.75) is 25.7 Å². The third kappa shape index (κ3) is 1.42. The maximum absolute atomic E-state index is 14.0. The minimum absolute atomic E-state index is 0.0944. The molecule has 0 bridgehead atoms. The predicted octanol–water partition coefficient (Wildman–Crippen LogP) is 2.46. The van der Waals surface area contributed by atoms with Crippen LogP contribution in [-0.4, -0.2) is 13.7 Å². The van der Waals surface area contributed by atoms with Gasteiger partial charge in [0, 0.05) is 18.0 Å². The topological polar surface area (TPSA) is 35.2 Å². The summed E-state index contributed by atoms with van der Waals surface area (Å²) in [6.07, 6.45) is 0.944. The quantitative estimate of drug-likeness (QED) is 0.854. The fourth-order valence-electron chi connectivity index (χ4n) is 2.64. The summed E-state index contributed by atoms with van der Waals surface area (Å²) in [7, 11) is 1.54. The highest BCUT2D eigenvalue weighted by molar-refractivity contribution is 5.41. The predicted molar refractivity (Wildman–Crippen MR) is 62.1 cm³/mol. The highest BCUT2D eigenvalue weighted by Gasteiger charge is 2.61. The summed E-state index contributed by atoms with van der Waals surface area (Å²) in [5.74, 6) is 0.335. The Balaban J connectivity index is 2.42. The lowest BCUT2D eigenvalue weighted by Gasteiger charge is -2.20. The molecule has 2 rings (SSSR count). The van der Waals surface area contributed by atoms with Gasteiger partial charge in [-0.3, -0.25) is 0 Å². The number of ether oxygens (including phenoxy) is 1. The second-order valence-corrected chi connectivity index (χ2v) is 5.19. The summed E-state index contributed by atoms with van der Waals surface area (Å²) in [4.78, 5) is 0. The van der Waals surface area contributed by atoms with E-state index < -0.39 is 0 Å². The van der Waals surface area contributed by atoms with Crippen molar-refractivity contribution in [1.29, 1.82) is 0 Å². The van der Waals surface area contributed by atoms with Crippen LogP contribution in [-0.2, 0) is 5.41 Å². The molecule has 0 radical (unpaired) electrons. The zero-order valence-electron chi connectivity index (χ0n) is 10.0. The molecule has 0 heterocycles. The van der Waals surface area contributed by atoms with Crippen LogP contribution in [0.4, 0.5) is 4.39 Å². The van der Waals surface area contributed by atoms with Crippen molar-refractivity contribution in [2.75, 3.05) is 13.7 Å². The van der Waals surface area contributed by atoms with Crippen molar-refractivity contribution in [3.8, 4) is 5.75 Å². The zero-order chi connectivity index (χ0) is 12.0. The smallest absolute Gasteiger partial charge is 0.130 e. The normalized spacial score (nSPS) is 26.6.